The SMILES string of the molecule is CC1=NC2CCC(N)CC2N1C(C)C. The smallest absolute Gasteiger partial charge is 0.0967 e. The number of hydrogen-bond donors (Lipinski definition) is 1. The molecule has 3 heteroatoms. The fraction of sp³-hybridized carbons (Fsp3) is 0.909. The van der Waals surface area contributed by atoms with E-state index < -0.39 is 0 Å². The van der Waals surface area contributed by atoms with E-state index in [9.17, 15) is 0 Å². The Morgan fingerprint density at radius 2 is 2.14 bits per heavy atom. The Hall–Kier alpha value is -0.570. The molecule has 14 heavy (non-hydrogen) atoms. The van der Waals surface area contributed by atoms with Crippen LogP contribution in [0, 0.1) is 0 Å². The van der Waals surface area contributed by atoms with Gasteiger partial charge < -0.3 is 10.6 Å². The van der Waals surface area contributed by atoms with Crippen LogP contribution in [0.3, 0.4) is 0 Å². The summed E-state index contributed by atoms with van der Waals surface area (Å²) in [6, 6.07) is 2.05. The molecule has 1 heterocycles. The van der Waals surface area contributed by atoms with Crippen molar-refractivity contribution < 1.29 is 0 Å². The van der Waals surface area contributed by atoms with Crippen LogP contribution in [-0.4, -0.2) is 34.9 Å². The molecule has 3 atom stereocenters. The van der Waals surface area contributed by atoms with Crippen LogP contribution in [0.25, 0.3) is 0 Å². The Morgan fingerprint density at radius 3 is 2.79 bits per heavy atom. The third-order valence-corrected chi connectivity index (χ3v) is 3.46. The first-order valence-corrected chi connectivity index (χ1v) is 5.68. The van der Waals surface area contributed by atoms with E-state index in [2.05, 4.69) is 25.7 Å². The second-order valence-electron chi connectivity index (χ2n) is 4.89. The van der Waals surface area contributed by atoms with Crippen molar-refractivity contribution in [3.63, 3.8) is 0 Å². The molecule has 0 bridgehead atoms. The second kappa shape index (κ2) is 3.54. The number of amidine groups is 1. The maximum atomic E-state index is 6.02. The molecule has 2 aliphatic rings. The van der Waals surface area contributed by atoms with Crippen molar-refractivity contribution in [1.82, 2.24) is 4.90 Å². The summed E-state index contributed by atoms with van der Waals surface area (Å²) >= 11 is 0. The van der Waals surface area contributed by atoms with Gasteiger partial charge in [0.2, 0.25) is 0 Å². The minimum Gasteiger partial charge on any atom is -0.353 e. The lowest BCUT2D eigenvalue weighted by Gasteiger charge is -2.37. The number of aliphatic imine (C=N–C) groups is 1. The molecule has 2 rings (SSSR count). The normalized spacial score (nSPS) is 37.4. The zero-order valence-corrected chi connectivity index (χ0v) is 9.40. The zero-order valence-electron chi connectivity index (χ0n) is 9.40. The monoisotopic (exact) mass is 195 g/mol. The molecule has 2 N–H and O–H groups in total. The van der Waals surface area contributed by atoms with Gasteiger partial charge in [0.1, 0.15) is 0 Å². The van der Waals surface area contributed by atoms with Crippen molar-refractivity contribution in [2.24, 2.45) is 10.7 Å². The lowest BCUT2D eigenvalue weighted by molar-refractivity contribution is 0.199. The highest BCUT2D eigenvalue weighted by Crippen LogP contribution is 2.31. The average Bonchev–Trinajstić information content (AvgIpc) is 2.40. The van der Waals surface area contributed by atoms with Gasteiger partial charge in [-0.25, -0.2) is 0 Å². The topological polar surface area (TPSA) is 41.6 Å². The largest absolute Gasteiger partial charge is 0.353 e. The van der Waals surface area contributed by atoms with Gasteiger partial charge in [-0.1, -0.05) is 0 Å². The highest BCUT2D eigenvalue weighted by molar-refractivity contribution is 5.82. The maximum absolute atomic E-state index is 6.02. The lowest BCUT2D eigenvalue weighted by atomic mass is 9.87. The molecule has 3 nitrogen and oxygen atoms in total. The summed E-state index contributed by atoms with van der Waals surface area (Å²) in [5.41, 5.74) is 6.02. The molecule has 0 aromatic carbocycles. The summed E-state index contributed by atoms with van der Waals surface area (Å²) < 4.78 is 0. The summed E-state index contributed by atoms with van der Waals surface area (Å²) in [5.74, 6) is 1.21. The van der Waals surface area contributed by atoms with Crippen molar-refractivity contribution >= 4 is 5.84 Å². The third-order valence-electron chi connectivity index (χ3n) is 3.46. The molecule has 3 unspecified atom stereocenters. The van der Waals surface area contributed by atoms with E-state index in [1.54, 1.807) is 0 Å². The van der Waals surface area contributed by atoms with Crippen molar-refractivity contribution in [2.75, 3.05) is 0 Å². The predicted molar refractivity (Wildman–Crippen MR) is 59.5 cm³/mol. The van der Waals surface area contributed by atoms with Gasteiger partial charge in [-0.3, -0.25) is 4.99 Å². The quantitative estimate of drug-likeness (QED) is 0.686. The Morgan fingerprint density at radius 1 is 1.43 bits per heavy atom. The Bertz CT molecular complexity index is 247. The van der Waals surface area contributed by atoms with Crippen LogP contribution in [0.15, 0.2) is 4.99 Å². The van der Waals surface area contributed by atoms with E-state index in [0.29, 0.717) is 24.2 Å². The maximum Gasteiger partial charge on any atom is 0.0967 e. The average molecular weight is 195 g/mol. The van der Waals surface area contributed by atoms with Crippen LogP contribution in [0.5, 0.6) is 0 Å². The zero-order chi connectivity index (χ0) is 10.3. The number of hydrogen-bond acceptors (Lipinski definition) is 3. The molecule has 1 saturated carbocycles. The highest BCUT2D eigenvalue weighted by atomic mass is 15.3. The van der Waals surface area contributed by atoms with Gasteiger partial charge in [-0.15, -0.1) is 0 Å². The van der Waals surface area contributed by atoms with Crippen LogP contribution in [0.4, 0.5) is 0 Å². The second-order valence-corrected chi connectivity index (χ2v) is 4.89. The molecule has 0 saturated heterocycles. The molecular formula is C11H21N3. The molecule has 0 aromatic heterocycles. The first kappa shape index (κ1) is 9.97. The minimum absolute atomic E-state index is 0.388. The number of fused-ring (bicyclic) bond motifs is 1. The number of rotatable bonds is 1. The summed E-state index contributed by atoms with van der Waals surface area (Å²) in [7, 11) is 0. The Balaban J connectivity index is 2.15. The van der Waals surface area contributed by atoms with E-state index in [-0.39, 0.29) is 0 Å². The summed E-state index contributed by atoms with van der Waals surface area (Å²) in [4.78, 5) is 7.18. The van der Waals surface area contributed by atoms with Crippen molar-refractivity contribution in [1.29, 1.82) is 0 Å². The Kier molecular flexibility index (Phi) is 2.52. The fourth-order valence-electron chi connectivity index (χ4n) is 2.92. The van der Waals surface area contributed by atoms with Gasteiger partial charge in [0.05, 0.1) is 17.9 Å². The van der Waals surface area contributed by atoms with E-state index >= 15 is 0 Å². The molecule has 1 aliphatic heterocycles. The summed E-state index contributed by atoms with van der Waals surface area (Å²) in [6.07, 6.45) is 3.43. The van der Waals surface area contributed by atoms with E-state index in [0.717, 1.165) is 12.8 Å². The van der Waals surface area contributed by atoms with E-state index in [1.807, 2.05) is 0 Å². The first-order chi connectivity index (χ1) is 6.59. The van der Waals surface area contributed by atoms with Crippen LogP contribution < -0.4 is 5.73 Å². The molecule has 80 valence electrons. The number of nitrogens with two attached hydrogens (primary N) is 1. The van der Waals surface area contributed by atoms with Gasteiger partial charge in [0, 0.05) is 12.1 Å². The lowest BCUT2D eigenvalue weighted by Crippen LogP contribution is -2.48. The molecule has 0 spiro atoms. The van der Waals surface area contributed by atoms with Crippen LogP contribution in [0.2, 0.25) is 0 Å². The Labute approximate surface area is 86.4 Å². The van der Waals surface area contributed by atoms with Crippen LogP contribution in [-0.2, 0) is 0 Å². The fourth-order valence-corrected chi connectivity index (χ4v) is 2.92. The van der Waals surface area contributed by atoms with Gasteiger partial charge >= 0.3 is 0 Å². The minimum atomic E-state index is 0.388. The van der Waals surface area contributed by atoms with Crippen molar-refractivity contribution in [3.8, 4) is 0 Å². The first-order valence-electron chi connectivity index (χ1n) is 5.68. The van der Waals surface area contributed by atoms with Gasteiger partial charge in [0.15, 0.2) is 0 Å². The van der Waals surface area contributed by atoms with Crippen LogP contribution in [0.1, 0.15) is 40.0 Å². The number of nitrogens with zero attached hydrogens (tertiary/aromatic N) is 2. The molecule has 0 aromatic rings. The standard InChI is InChI=1S/C11H21N3/c1-7(2)14-8(3)13-10-5-4-9(12)6-11(10)14/h7,9-11H,4-6,12H2,1-3H3. The molecule has 0 amide bonds. The van der Waals surface area contributed by atoms with Gasteiger partial charge in [-0.2, -0.15) is 0 Å². The summed E-state index contributed by atoms with van der Waals surface area (Å²) in [6.45, 7) is 6.60. The van der Waals surface area contributed by atoms with Gasteiger partial charge in [-0.05, 0) is 40.0 Å². The van der Waals surface area contributed by atoms with Crippen molar-refractivity contribution in [3.05, 3.63) is 0 Å². The van der Waals surface area contributed by atoms with Gasteiger partial charge in [0.25, 0.3) is 0 Å². The summed E-state index contributed by atoms with van der Waals surface area (Å²) in [5, 5.41) is 0. The van der Waals surface area contributed by atoms with Crippen molar-refractivity contribution in [2.45, 2.75) is 64.2 Å². The molecular weight excluding hydrogens is 174 g/mol. The molecule has 0 radical (unpaired) electrons. The van der Waals surface area contributed by atoms with E-state index in [1.165, 1.54) is 12.3 Å². The highest BCUT2D eigenvalue weighted by Gasteiger charge is 2.39. The van der Waals surface area contributed by atoms with E-state index in [4.69, 9.17) is 10.7 Å². The van der Waals surface area contributed by atoms with Crippen LogP contribution >= 0.6 is 0 Å². The third kappa shape index (κ3) is 1.54. The molecule has 1 aliphatic carbocycles. The molecule has 1 fully saturated rings. The predicted octanol–water partition coefficient (Wildman–Crippen LogP) is 1.38.